The van der Waals surface area contributed by atoms with Crippen LogP contribution in [0.4, 0.5) is 4.79 Å². The van der Waals surface area contributed by atoms with Gasteiger partial charge in [0.25, 0.3) is 0 Å². The number of amides is 1. The zero-order chi connectivity index (χ0) is 16.9. The molecule has 5 nitrogen and oxygen atoms in total. The summed E-state index contributed by atoms with van der Waals surface area (Å²) in [5.74, 6) is 0.996. The summed E-state index contributed by atoms with van der Waals surface area (Å²) < 4.78 is 10.6. The van der Waals surface area contributed by atoms with E-state index in [0.717, 1.165) is 19.3 Å². The fourth-order valence-electron chi connectivity index (χ4n) is 3.17. The van der Waals surface area contributed by atoms with Crippen LogP contribution in [0.1, 0.15) is 71.2 Å². The van der Waals surface area contributed by atoms with Crippen LogP contribution in [0.3, 0.4) is 0 Å². The van der Waals surface area contributed by atoms with E-state index in [1.165, 1.54) is 25.5 Å². The van der Waals surface area contributed by atoms with Crippen molar-refractivity contribution in [3.63, 3.8) is 0 Å². The van der Waals surface area contributed by atoms with Gasteiger partial charge < -0.3 is 19.6 Å². The number of carbonyl (C=O) groups excluding carboxylic acids is 1. The van der Waals surface area contributed by atoms with E-state index in [2.05, 4.69) is 5.32 Å². The van der Waals surface area contributed by atoms with Crippen molar-refractivity contribution in [2.75, 3.05) is 0 Å². The number of nitrogens with one attached hydrogen (secondary N) is 1. The molecule has 0 spiro atoms. The molecule has 2 rings (SSSR count). The number of ether oxygens (including phenoxy) is 1. The van der Waals surface area contributed by atoms with Crippen LogP contribution in [0.15, 0.2) is 22.8 Å². The van der Waals surface area contributed by atoms with Crippen molar-refractivity contribution >= 4 is 6.09 Å². The minimum atomic E-state index is -0.862. The third kappa shape index (κ3) is 5.90. The summed E-state index contributed by atoms with van der Waals surface area (Å²) in [6.07, 6.45) is 6.94. The molecule has 1 heterocycles. The molecular formula is C18H29NO4. The number of furan rings is 1. The first-order valence-electron chi connectivity index (χ1n) is 8.56. The molecule has 1 amide bonds. The first kappa shape index (κ1) is 17.9. The lowest BCUT2D eigenvalue weighted by atomic mass is 9.83. The van der Waals surface area contributed by atoms with Gasteiger partial charge in [-0.15, -0.1) is 0 Å². The number of aliphatic hydroxyl groups is 1. The van der Waals surface area contributed by atoms with E-state index >= 15 is 0 Å². The Kier molecular flexibility index (Phi) is 6.10. The van der Waals surface area contributed by atoms with Crippen molar-refractivity contribution in [1.29, 1.82) is 0 Å². The van der Waals surface area contributed by atoms with E-state index in [9.17, 15) is 9.90 Å². The van der Waals surface area contributed by atoms with Gasteiger partial charge in [-0.05, 0) is 45.2 Å². The summed E-state index contributed by atoms with van der Waals surface area (Å²) in [7, 11) is 0. The average Bonchev–Trinajstić information content (AvgIpc) is 2.99. The highest BCUT2D eigenvalue weighted by Gasteiger charge is 2.30. The van der Waals surface area contributed by atoms with Crippen LogP contribution in [0.25, 0.3) is 0 Å². The molecule has 1 aliphatic carbocycles. The van der Waals surface area contributed by atoms with Crippen molar-refractivity contribution in [2.24, 2.45) is 5.92 Å². The normalized spacial score (nSPS) is 19.1. The molecule has 2 N–H and O–H groups in total. The van der Waals surface area contributed by atoms with Crippen LogP contribution in [-0.2, 0) is 4.74 Å². The second-order valence-electron chi connectivity index (χ2n) is 7.45. The maximum atomic E-state index is 12.1. The van der Waals surface area contributed by atoms with E-state index in [0.29, 0.717) is 11.7 Å². The molecule has 23 heavy (non-hydrogen) atoms. The molecular weight excluding hydrogens is 294 g/mol. The summed E-state index contributed by atoms with van der Waals surface area (Å²) in [5, 5.41) is 13.4. The topological polar surface area (TPSA) is 71.7 Å². The molecule has 1 aromatic heterocycles. The molecule has 1 saturated carbocycles. The van der Waals surface area contributed by atoms with E-state index in [4.69, 9.17) is 9.15 Å². The Bertz CT molecular complexity index is 472. The molecule has 2 atom stereocenters. The van der Waals surface area contributed by atoms with Gasteiger partial charge in [0.15, 0.2) is 0 Å². The van der Waals surface area contributed by atoms with Crippen molar-refractivity contribution in [3.8, 4) is 0 Å². The van der Waals surface area contributed by atoms with Gasteiger partial charge in [-0.3, -0.25) is 0 Å². The van der Waals surface area contributed by atoms with Gasteiger partial charge in [-0.1, -0.05) is 32.1 Å². The van der Waals surface area contributed by atoms with Gasteiger partial charge in [0, 0.05) is 0 Å². The quantitative estimate of drug-likeness (QED) is 0.853. The standard InChI is InChI=1S/C18H29NO4/c1-18(2,3)23-17(21)19-14(12-13-8-5-4-6-9-13)16(20)15-10-7-11-22-15/h7,10-11,13-14,16,20H,4-6,8-9,12H2,1-3H3,(H,19,21)/t14-,16+/m1/s1. The fourth-order valence-corrected chi connectivity index (χ4v) is 3.17. The second-order valence-corrected chi connectivity index (χ2v) is 7.45. The first-order valence-corrected chi connectivity index (χ1v) is 8.56. The molecule has 0 aromatic carbocycles. The number of aliphatic hydroxyl groups excluding tert-OH is 1. The van der Waals surface area contributed by atoms with Crippen LogP contribution in [0.5, 0.6) is 0 Å². The van der Waals surface area contributed by atoms with Crippen molar-refractivity contribution in [1.82, 2.24) is 5.32 Å². The Balaban J connectivity index is 2.02. The van der Waals surface area contributed by atoms with Gasteiger partial charge >= 0.3 is 6.09 Å². The van der Waals surface area contributed by atoms with Crippen LogP contribution < -0.4 is 5.32 Å². The Morgan fingerprint density at radius 2 is 2.09 bits per heavy atom. The van der Waals surface area contributed by atoms with E-state index in [-0.39, 0.29) is 0 Å². The van der Waals surface area contributed by atoms with Crippen LogP contribution in [-0.4, -0.2) is 22.8 Å². The SMILES string of the molecule is CC(C)(C)OC(=O)N[C@H](CC1CCCCC1)[C@H](O)c1ccco1. The largest absolute Gasteiger partial charge is 0.467 e. The lowest BCUT2D eigenvalue weighted by Gasteiger charge is -2.30. The van der Waals surface area contributed by atoms with Crippen LogP contribution >= 0.6 is 0 Å². The van der Waals surface area contributed by atoms with Gasteiger partial charge in [0.1, 0.15) is 17.5 Å². The molecule has 0 bridgehead atoms. The monoisotopic (exact) mass is 323 g/mol. The maximum absolute atomic E-state index is 12.1. The number of rotatable bonds is 5. The maximum Gasteiger partial charge on any atom is 0.407 e. The Hall–Kier alpha value is -1.49. The predicted octanol–water partition coefficient (Wildman–Crippen LogP) is 4.18. The van der Waals surface area contributed by atoms with Gasteiger partial charge in [-0.25, -0.2) is 4.79 Å². The molecule has 1 fully saturated rings. The number of carbonyl (C=O) groups is 1. The zero-order valence-corrected chi connectivity index (χ0v) is 14.4. The van der Waals surface area contributed by atoms with E-state index < -0.39 is 23.8 Å². The minimum absolute atomic E-state index is 0.404. The molecule has 0 aliphatic heterocycles. The third-order valence-corrected chi connectivity index (χ3v) is 4.23. The molecule has 1 aromatic rings. The van der Waals surface area contributed by atoms with Crippen molar-refractivity contribution < 1.29 is 19.1 Å². The second kappa shape index (κ2) is 7.86. The summed E-state index contributed by atoms with van der Waals surface area (Å²) in [6.45, 7) is 5.48. The highest BCUT2D eigenvalue weighted by atomic mass is 16.6. The number of alkyl carbamates (subject to hydrolysis) is 1. The summed E-state index contributed by atoms with van der Waals surface area (Å²) >= 11 is 0. The molecule has 0 unspecified atom stereocenters. The highest BCUT2D eigenvalue weighted by Crippen LogP contribution is 2.31. The summed E-state index contributed by atoms with van der Waals surface area (Å²) in [4.78, 5) is 12.1. The zero-order valence-electron chi connectivity index (χ0n) is 14.4. The number of hydrogen-bond donors (Lipinski definition) is 2. The molecule has 1 aliphatic rings. The average molecular weight is 323 g/mol. The van der Waals surface area contributed by atoms with Gasteiger partial charge in [0.2, 0.25) is 0 Å². The Morgan fingerprint density at radius 3 is 2.65 bits per heavy atom. The minimum Gasteiger partial charge on any atom is -0.467 e. The van der Waals surface area contributed by atoms with Crippen molar-refractivity contribution in [2.45, 2.75) is 77.0 Å². The summed E-state index contributed by atoms with van der Waals surface area (Å²) in [5.41, 5.74) is -0.560. The lowest BCUT2D eigenvalue weighted by Crippen LogP contribution is -2.43. The van der Waals surface area contributed by atoms with Crippen LogP contribution in [0.2, 0.25) is 0 Å². The van der Waals surface area contributed by atoms with Gasteiger partial charge in [-0.2, -0.15) is 0 Å². The summed E-state index contributed by atoms with van der Waals surface area (Å²) in [6, 6.07) is 3.07. The first-order chi connectivity index (χ1) is 10.8. The van der Waals surface area contributed by atoms with Crippen molar-refractivity contribution in [3.05, 3.63) is 24.2 Å². The highest BCUT2D eigenvalue weighted by molar-refractivity contribution is 5.68. The smallest absolute Gasteiger partial charge is 0.407 e. The van der Waals surface area contributed by atoms with E-state index in [1.54, 1.807) is 12.1 Å². The molecule has 0 saturated heterocycles. The fraction of sp³-hybridized carbons (Fsp3) is 0.722. The Morgan fingerprint density at radius 1 is 1.39 bits per heavy atom. The Labute approximate surface area is 138 Å². The number of hydrogen-bond acceptors (Lipinski definition) is 4. The van der Waals surface area contributed by atoms with Crippen LogP contribution in [0, 0.1) is 5.92 Å². The predicted molar refractivity (Wildman–Crippen MR) is 88.0 cm³/mol. The lowest BCUT2D eigenvalue weighted by molar-refractivity contribution is 0.0359. The molecule has 5 heteroatoms. The third-order valence-electron chi connectivity index (χ3n) is 4.23. The molecule has 0 radical (unpaired) electrons. The molecule has 130 valence electrons. The van der Waals surface area contributed by atoms with E-state index in [1.807, 2.05) is 20.8 Å². The van der Waals surface area contributed by atoms with Gasteiger partial charge in [0.05, 0.1) is 12.3 Å².